The van der Waals surface area contributed by atoms with Crippen molar-refractivity contribution in [3.8, 4) is 11.1 Å². The molecule has 5 rings (SSSR count). The number of carbonyl (C=O) groups is 1. The minimum atomic E-state index is -0.392. The molecular formula is C25H27N7O. The van der Waals surface area contributed by atoms with Crippen LogP contribution in [0.3, 0.4) is 0 Å². The van der Waals surface area contributed by atoms with Crippen LogP contribution < -0.4 is 11.5 Å². The topological polar surface area (TPSA) is 116 Å². The zero-order valence-electron chi connectivity index (χ0n) is 18.8. The number of nitrogens with two attached hydrogens (primary N) is 2. The van der Waals surface area contributed by atoms with Crippen molar-refractivity contribution in [1.29, 1.82) is 0 Å². The summed E-state index contributed by atoms with van der Waals surface area (Å²) in [6.07, 6.45) is 7.44. The third kappa shape index (κ3) is 4.47. The molecule has 4 N–H and O–H groups in total. The Morgan fingerprint density at radius 3 is 2.79 bits per heavy atom. The maximum Gasteiger partial charge on any atom is 0.241 e. The van der Waals surface area contributed by atoms with Gasteiger partial charge in [0.15, 0.2) is 0 Å². The van der Waals surface area contributed by atoms with Gasteiger partial charge in [-0.3, -0.25) is 9.78 Å². The molecule has 0 atom stereocenters. The van der Waals surface area contributed by atoms with Gasteiger partial charge in [-0.2, -0.15) is 0 Å². The number of para-hydroxylation sites is 1. The van der Waals surface area contributed by atoms with Crippen LogP contribution in [0, 0.1) is 0 Å². The lowest BCUT2D eigenvalue weighted by Gasteiger charge is -2.06. The van der Waals surface area contributed by atoms with Gasteiger partial charge in [0.25, 0.3) is 0 Å². The van der Waals surface area contributed by atoms with Crippen LogP contribution in [-0.2, 0) is 11.3 Å². The van der Waals surface area contributed by atoms with Crippen LogP contribution >= 0.6 is 0 Å². The summed E-state index contributed by atoms with van der Waals surface area (Å²) in [6, 6.07) is 10.2. The smallest absolute Gasteiger partial charge is 0.241 e. The van der Waals surface area contributed by atoms with E-state index in [0.29, 0.717) is 5.82 Å². The number of amides is 1. The predicted molar refractivity (Wildman–Crippen MR) is 133 cm³/mol. The highest BCUT2D eigenvalue weighted by atomic mass is 16.1. The van der Waals surface area contributed by atoms with Crippen LogP contribution in [0.5, 0.6) is 0 Å². The van der Waals surface area contributed by atoms with Gasteiger partial charge < -0.3 is 20.9 Å². The van der Waals surface area contributed by atoms with Gasteiger partial charge in [-0.25, -0.2) is 9.97 Å². The molecule has 4 aromatic rings. The van der Waals surface area contributed by atoms with Crippen molar-refractivity contribution >= 4 is 39.2 Å². The van der Waals surface area contributed by atoms with Gasteiger partial charge >= 0.3 is 0 Å². The Balaban J connectivity index is 0.000000248. The SMILES string of the molecule is C=C1CCn2c1c(-c1cnc3ccccc3c1)c1c(N)ncnc12.CN(C)C/C=C/C(N)=O. The number of aryl methyl sites for hydroxylation is 1. The first-order chi connectivity index (χ1) is 15.9. The number of carbonyl (C=O) groups excluding carboxylic acids is 1. The molecule has 0 aliphatic carbocycles. The third-order valence-electron chi connectivity index (χ3n) is 5.47. The van der Waals surface area contributed by atoms with Crippen molar-refractivity contribution in [3.63, 3.8) is 0 Å². The van der Waals surface area contributed by atoms with Crippen molar-refractivity contribution < 1.29 is 4.79 Å². The normalized spacial score (nSPS) is 13.0. The molecule has 1 amide bonds. The zero-order chi connectivity index (χ0) is 23.5. The summed E-state index contributed by atoms with van der Waals surface area (Å²) >= 11 is 0. The van der Waals surface area contributed by atoms with Gasteiger partial charge in [0.05, 0.1) is 16.6 Å². The summed E-state index contributed by atoms with van der Waals surface area (Å²) < 4.78 is 2.19. The van der Waals surface area contributed by atoms with E-state index < -0.39 is 5.91 Å². The Bertz CT molecular complexity index is 1380. The highest BCUT2D eigenvalue weighted by Gasteiger charge is 2.27. The third-order valence-corrected chi connectivity index (χ3v) is 5.47. The molecule has 0 saturated heterocycles. The minimum Gasteiger partial charge on any atom is -0.383 e. The predicted octanol–water partition coefficient (Wildman–Crippen LogP) is 3.24. The van der Waals surface area contributed by atoms with Gasteiger partial charge in [0.2, 0.25) is 5.91 Å². The second-order valence-corrected chi connectivity index (χ2v) is 8.17. The molecule has 0 radical (unpaired) electrons. The molecule has 8 heteroatoms. The van der Waals surface area contributed by atoms with E-state index in [0.717, 1.165) is 63.8 Å². The molecule has 8 nitrogen and oxygen atoms in total. The number of nitrogens with zero attached hydrogens (tertiary/aromatic N) is 5. The fraction of sp³-hybridized carbons (Fsp3) is 0.200. The fourth-order valence-corrected chi connectivity index (χ4v) is 4.01. The number of nitrogen functional groups attached to an aromatic ring is 1. The number of likely N-dealkylation sites (N-methyl/N-ethyl adjacent to an activating group) is 1. The second-order valence-electron chi connectivity index (χ2n) is 8.17. The summed E-state index contributed by atoms with van der Waals surface area (Å²) in [6.45, 7) is 5.87. The van der Waals surface area contributed by atoms with E-state index in [-0.39, 0.29) is 0 Å². The molecule has 33 heavy (non-hydrogen) atoms. The number of benzene rings is 1. The highest BCUT2D eigenvalue weighted by molar-refractivity contribution is 6.07. The summed E-state index contributed by atoms with van der Waals surface area (Å²) in [5.41, 5.74) is 17.2. The van der Waals surface area contributed by atoms with Crippen molar-refractivity contribution in [1.82, 2.24) is 24.4 Å². The van der Waals surface area contributed by atoms with Gasteiger partial charge in [0, 0.05) is 35.8 Å². The molecule has 0 spiro atoms. The Labute approximate surface area is 192 Å². The lowest BCUT2D eigenvalue weighted by Crippen LogP contribution is -2.12. The number of hydrogen-bond acceptors (Lipinski definition) is 6. The average Bonchev–Trinajstić information content (AvgIpc) is 3.32. The van der Waals surface area contributed by atoms with Gasteiger partial charge in [0.1, 0.15) is 17.8 Å². The van der Waals surface area contributed by atoms with E-state index in [4.69, 9.17) is 11.5 Å². The largest absolute Gasteiger partial charge is 0.383 e. The van der Waals surface area contributed by atoms with Crippen LogP contribution in [0.2, 0.25) is 0 Å². The van der Waals surface area contributed by atoms with E-state index in [9.17, 15) is 4.79 Å². The first-order valence-electron chi connectivity index (χ1n) is 10.6. The molecule has 0 fully saturated rings. The molecule has 0 bridgehead atoms. The Kier molecular flexibility index (Phi) is 6.19. The molecule has 168 valence electrons. The first kappa shape index (κ1) is 22.2. The maximum absolute atomic E-state index is 10.1. The number of hydrogen-bond donors (Lipinski definition) is 2. The molecule has 1 aliphatic heterocycles. The molecule has 4 heterocycles. The van der Waals surface area contributed by atoms with E-state index in [2.05, 4.69) is 38.2 Å². The number of primary amides is 1. The van der Waals surface area contributed by atoms with Crippen LogP contribution in [0.25, 0.3) is 38.6 Å². The Morgan fingerprint density at radius 2 is 2.03 bits per heavy atom. The van der Waals surface area contributed by atoms with Crippen LogP contribution in [0.4, 0.5) is 5.82 Å². The van der Waals surface area contributed by atoms with E-state index >= 15 is 0 Å². The van der Waals surface area contributed by atoms with Crippen LogP contribution in [-0.4, -0.2) is 51.0 Å². The minimum absolute atomic E-state index is 0.392. The fourth-order valence-electron chi connectivity index (χ4n) is 4.01. The van der Waals surface area contributed by atoms with E-state index in [1.54, 1.807) is 6.08 Å². The summed E-state index contributed by atoms with van der Waals surface area (Å²) in [5.74, 6) is 0.106. The monoisotopic (exact) mass is 441 g/mol. The standard InChI is InChI=1S/C19H15N5.C6H12N2O/c1-11-6-7-24-17(11)15(16-18(20)22-10-23-19(16)24)13-8-12-4-2-3-5-14(12)21-9-13;1-8(2)5-3-4-6(7)9/h2-5,8-10H,1,6-7H2,(H2,20,22,23);3-4H,5H2,1-2H3,(H2,7,9)/b;4-3+. The van der Waals surface area contributed by atoms with E-state index in [1.807, 2.05) is 43.4 Å². The maximum atomic E-state index is 10.1. The molecule has 3 aromatic heterocycles. The number of anilines is 1. The van der Waals surface area contributed by atoms with Gasteiger partial charge in [-0.15, -0.1) is 0 Å². The summed E-state index contributed by atoms with van der Waals surface area (Å²) in [4.78, 5) is 25.3. The number of pyridine rings is 1. The van der Waals surface area contributed by atoms with Crippen molar-refractivity contribution in [2.45, 2.75) is 13.0 Å². The lowest BCUT2D eigenvalue weighted by molar-refractivity contribution is -0.113. The molecule has 0 saturated carbocycles. The molecule has 1 aliphatic rings. The number of aromatic nitrogens is 4. The second kappa shape index (κ2) is 9.22. The van der Waals surface area contributed by atoms with Gasteiger partial charge in [-0.05, 0) is 44.3 Å². The lowest BCUT2D eigenvalue weighted by atomic mass is 9.99. The number of rotatable bonds is 4. The first-order valence-corrected chi connectivity index (χ1v) is 10.6. The van der Waals surface area contributed by atoms with Gasteiger partial charge in [-0.1, -0.05) is 30.9 Å². The Hall–Kier alpha value is -4.04. The zero-order valence-corrected chi connectivity index (χ0v) is 18.8. The van der Waals surface area contributed by atoms with Crippen molar-refractivity contribution in [2.75, 3.05) is 26.4 Å². The quantitative estimate of drug-likeness (QED) is 0.470. The van der Waals surface area contributed by atoms with Crippen molar-refractivity contribution in [3.05, 3.63) is 67.3 Å². The molecule has 1 aromatic carbocycles. The summed E-state index contributed by atoms with van der Waals surface area (Å²) in [7, 11) is 3.84. The number of allylic oxidation sites excluding steroid dienone is 1. The Morgan fingerprint density at radius 1 is 1.24 bits per heavy atom. The number of fused-ring (bicyclic) bond motifs is 4. The van der Waals surface area contributed by atoms with E-state index in [1.165, 1.54) is 12.4 Å². The average molecular weight is 442 g/mol. The highest BCUT2D eigenvalue weighted by Crippen LogP contribution is 2.43. The molecular weight excluding hydrogens is 414 g/mol. The van der Waals surface area contributed by atoms with Crippen molar-refractivity contribution in [2.24, 2.45) is 5.73 Å². The molecule has 0 unspecified atom stereocenters. The summed E-state index contributed by atoms with van der Waals surface area (Å²) in [5, 5.41) is 1.99. The van der Waals surface area contributed by atoms with Crippen LogP contribution in [0.15, 0.2) is 61.6 Å². The van der Waals surface area contributed by atoms with Crippen LogP contribution in [0.1, 0.15) is 12.1 Å².